The Labute approximate surface area is 130 Å². The number of aromatic carboxylic acids is 1. The van der Waals surface area contributed by atoms with Gasteiger partial charge in [0.15, 0.2) is 0 Å². The van der Waals surface area contributed by atoms with Crippen LogP contribution >= 0.6 is 22.7 Å². The zero-order valence-corrected chi connectivity index (χ0v) is 13.2. The van der Waals surface area contributed by atoms with Gasteiger partial charge >= 0.3 is 5.97 Å². The van der Waals surface area contributed by atoms with Crippen LogP contribution in [0.25, 0.3) is 20.2 Å². The maximum absolute atomic E-state index is 11.0. The SMILES string of the molecule is Cc1cc(-c2ccc(-c3ccc(C(=O)O)s3)s2)cc(C)n1. The Hall–Kier alpha value is -1.98. The molecule has 106 valence electrons. The largest absolute Gasteiger partial charge is 0.477 e. The predicted molar refractivity (Wildman–Crippen MR) is 87.3 cm³/mol. The minimum atomic E-state index is -0.872. The van der Waals surface area contributed by atoms with Gasteiger partial charge in [-0.15, -0.1) is 22.7 Å². The maximum Gasteiger partial charge on any atom is 0.345 e. The molecule has 3 aromatic heterocycles. The van der Waals surface area contributed by atoms with Gasteiger partial charge in [0.1, 0.15) is 4.88 Å². The van der Waals surface area contributed by atoms with Crippen LogP contribution in [0.3, 0.4) is 0 Å². The van der Waals surface area contributed by atoms with Crippen LogP contribution in [0.5, 0.6) is 0 Å². The topological polar surface area (TPSA) is 50.2 Å². The number of rotatable bonds is 3. The van der Waals surface area contributed by atoms with E-state index in [0.717, 1.165) is 26.7 Å². The van der Waals surface area contributed by atoms with Gasteiger partial charge in [-0.2, -0.15) is 0 Å². The number of hydrogen-bond donors (Lipinski definition) is 1. The number of carboxylic acids is 1. The highest BCUT2D eigenvalue weighted by Gasteiger charge is 2.11. The van der Waals surface area contributed by atoms with E-state index in [0.29, 0.717) is 4.88 Å². The van der Waals surface area contributed by atoms with Crippen molar-refractivity contribution < 1.29 is 9.90 Å². The van der Waals surface area contributed by atoms with Gasteiger partial charge in [0, 0.05) is 26.0 Å². The molecule has 0 aliphatic heterocycles. The normalized spacial score (nSPS) is 10.8. The van der Waals surface area contributed by atoms with E-state index in [-0.39, 0.29) is 0 Å². The lowest BCUT2D eigenvalue weighted by atomic mass is 10.1. The molecular formula is C16H13NO2S2. The second-order valence-corrected chi connectivity index (χ2v) is 6.94. The van der Waals surface area contributed by atoms with E-state index in [1.54, 1.807) is 17.4 Å². The molecule has 0 aromatic carbocycles. The van der Waals surface area contributed by atoms with Gasteiger partial charge in [0.25, 0.3) is 0 Å². The molecule has 0 saturated heterocycles. The van der Waals surface area contributed by atoms with Gasteiger partial charge in [-0.3, -0.25) is 4.98 Å². The molecule has 0 amide bonds. The van der Waals surface area contributed by atoms with E-state index >= 15 is 0 Å². The number of aromatic nitrogens is 1. The van der Waals surface area contributed by atoms with Crippen LogP contribution in [-0.4, -0.2) is 16.1 Å². The summed E-state index contributed by atoms with van der Waals surface area (Å²) in [5, 5.41) is 9.00. The third-order valence-corrected chi connectivity index (χ3v) is 5.43. The molecule has 0 unspecified atom stereocenters. The van der Waals surface area contributed by atoms with Gasteiger partial charge in [-0.1, -0.05) is 0 Å². The van der Waals surface area contributed by atoms with Crippen molar-refractivity contribution in [3.63, 3.8) is 0 Å². The van der Waals surface area contributed by atoms with Crippen LogP contribution in [0.15, 0.2) is 36.4 Å². The second-order valence-electron chi connectivity index (χ2n) is 4.77. The molecular weight excluding hydrogens is 302 g/mol. The Bertz CT molecular complexity index is 797. The predicted octanol–water partition coefficient (Wildman–Crippen LogP) is 4.85. The van der Waals surface area contributed by atoms with Crippen molar-refractivity contribution in [2.45, 2.75) is 13.8 Å². The molecule has 21 heavy (non-hydrogen) atoms. The standard InChI is InChI=1S/C16H13NO2S2/c1-9-7-11(8-10(2)17-9)12-3-4-13(20-12)14-5-6-15(21-14)16(18)19/h3-8H,1-2H3,(H,18,19). The molecule has 0 atom stereocenters. The lowest BCUT2D eigenvalue weighted by Gasteiger charge is -2.01. The monoisotopic (exact) mass is 315 g/mol. The van der Waals surface area contributed by atoms with Crippen molar-refractivity contribution in [3.8, 4) is 20.2 Å². The molecule has 5 heteroatoms. The third-order valence-electron chi connectivity index (χ3n) is 3.03. The lowest BCUT2D eigenvalue weighted by Crippen LogP contribution is -1.89. The van der Waals surface area contributed by atoms with E-state index in [9.17, 15) is 4.79 Å². The zero-order valence-electron chi connectivity index (χ0n) is 11.6. The molecule has 3 rings (SSSR count). The Morgan fingerprint density at radius 2 is 1.52 bits per heavy atom. The summed E-state index contributed by atoms with van der Waals surface area (Å²) in [5.74, 6) is -0.872. The highest BCUT2D eigenvalue weighted by Crippen LogP contribution is 2.37. The third kappa shape index (κ3) is 2.89. The number of thiophene rings is 2. The summed E-state index contributed by atoms with van der Waals surface area (Å²) in [6.45, 7) is 3.98. The van der Waals surface area contributed by atoms with Gasteiger partial charge in [-0.25, -0.2) is 4.79 Å². The molecule has 0 fully saturated rings. The highest BCUT2D eigenvalue weighted by molar-refractivity contribution is 7.24. The van der Waals surface area contributed by atoms with E-state index in [1.807, 2.05) is 26.0 Å². The van der Waals surface area contributed by atoms with Crippen LogP contribution in [0.4, 0.5) is 0 Å². The van der Waals surface area contributed by atoms with Crippen LogP contribution in [-0.2, 0) is 0 Å². The van der Waals surface area contributed by atoms with Crippen molar-refractivity contribution >= 4 is 28.6 Å². The Kier molecular flexibility index (Phi) is 3.61. The summed E-state index contributed by atoms with van der Waals surface area (Å²) < 4.78 is 0. The summed E-state index contributed by atoms with van der Waals surface area (Å²) >= 11 is 2.98. The van der Waals surface area contributed by atoms with E-state index < -0.39 is 5.97 Å². The van der Waals surface area contributed by atoms with Gasteiger partial charge in [-0.05, 0) is 55.8 Å². The average molecular weight is 315 g/mol. The summed E-state index contributed by atoms with van der Waals surface area (Å²) in [4.78, 5) is 19.0. The fourth-order valence-corrected chi connectivity index (χ4v) is 4.12. The van der Waals surface area contributed by atoms with Crippen LogP contribution in [0, 0.1) is 13.8 Å². The summed E-state index contributed by atoms with van der Waals surface area (Å²) in [6, 6.07) is 11.8. The molecule has 0 aliphatic rings. The van der Waals surface area contributed by atoms with Gasteiger partial charge in [0.2, 0.25) is 0 Å². The molecule has 0 bridgehead atoms. The molecule has 3 aromatic rings. The summed E-state index contributed by atoms with van der Waals surface area (Å²) in [7, 11) is 0. The molecule has 0 spiro atoms. The second kappa shape index (κ2) is 5.42. The fourth-order valence-electron chi connectivity index (χ4n) is 2.19. The van der Waals surface area contributed by atoms with Crippen LogP contribution in [0.1, 0.15) is 21.1 Å². The summed E-state index contributed by atoms with van der Waals surface area (Å²) in [5.41, 5.74) is 3.17. The summed E-state index contributed by atoms with van der Waals surface area (Å²) in [6.07, 6.45) is 0. The first-order valence-corrected chi connectivity index (χ1v) is 8.05. The van der Waals surface area contributed by atoms with Crippen molar-refractivity contribution in [2.75, 3.05) is 0 Å². The van der Waals surface area contributed by atoms with Crippen LogP contribution < -0.4 is 0 Å². The quantitative estimate of drug-likeness (QED) is 0.751. The van der Waals surface area contributed by atoms with Crippen molar-refractivity contribution in [1.29, 1.82) is 0 Å². The maximum atomic E-state index is 11.0. The fraction of sp³-hybridized carbons (Fsp3) is 0.125. The first-order valence-electron chi connectivity index (χ1n) is 6.42. The molecule has 3 heterocycles. The highest BCUT2D eigenvalue weighted by atomic mass is 32.1. The first kappa shape index (κ1) is 14.0. The van der Waals surface area contributed by atoms with Gasteiger partial charge < -0.3 is 5.11 Å². The number of hydrogen-bond acceptors (Lipinski definition) is 4. The minimum Gasteiger partial charge on any atom is -0.477 e. The van der Waals surface area contributed by atoms with Crippen LogP contribution in [0.2, 0.25) is 0 Å². The minimum absolute atomic E-state index is 0.371. The molecule has 0 radical (unpaired) electrons. The molecule has 0 aliphatic carbocycles. The van der Waals surface area contributed by atoms with E-state index in [4.69, 9.17) is 5.11 Å². The number of carbonyl (C=O) groups is 1. The van der Waals surface area contributed by atoms with E-state index in [2.05, 4.69) is 23.2 Å². The zero-order chi connectivity index (χ0) is 15.0. The molecule has 3 nitrogen and oxygen atoms in total. The number of pyridine rings is 1. The Balaban J connectivity index is 1.97. The van der Waals surface area contributed by atoms with Gasteiger partial charge in [0.05, 0.1) is 0 Å². The number of carboxylic acid groups (broad SMARTS) is 1. The Morgan fingerprint density at radius 1 is 0.952 bits per heavy atom. The van der Waals surface area contributed by atoms with Crippen molar-refractivity contribution in [2.24, 2.45) is 0 Å². The average Bonchev–Trinajstić information content (AvgIpc) is 3.07. The smallest absolute Gasteiger partial charge is 0.345 e. The van der Waals surface area contributed by atoms with Crippen molar-refractivity contribution in [3.05, 3.63) is 52.7 Å². The van der Waals surface area contributed by atoms with E-state index in [1.165, 1.54) is 16.2 Å². The first-order chi connectivity index (χ1) is 10.0. The Morgan fingerprint density at radius 3 is 2.14 bits per heavy atom. The molecule has 0 saturated carbocycles. The van der Waals surface area contributed by atoms with Crippen molar-refractivity contribution in [1.82, 2.24) is 4.98 Å². The number of nitrogens with zero attached hydrogens (tertiary/aromatic N) is 1. The lowest BCUT2D eigenvalue weighted by molar-refractivity contribution is 0.0702. The number of aryl methyl sites for hydroxylation is 2. The molecule has 1 N–H and O–H groups in total.